The Morgan fingerprint density at radius 1 is 1.64 bits per heavy atom. The third-order valence-electron chi connectivity index (χ3n) is 1.59. The van der Waals surface area contributed by atoms with E-state index in [0.29, 0.717) is 10.6 Å². The molecule has 0 amide bonds. The minimum absolute atomic E-state index is 0.167. The van der Waals surface area contributed by atoms with Crippen molar-refractivity contribution < 1.29 is 9.53 Å². The molecule has 0 saturated carbocycles. The van der Waals surface area contributed by atoms with Crippen LogP contribution in [0.1, 0.15) is 17.3 Å². The second kappa shape index (κ2) is 4.77. The number of pyridine rings is 1. The predicted octanol–water partition coefficient (Wildman–Crippen LogP) is 2.50. The molecule has 0 bridgehead atoms. The standard InChI is InChI=1S/C10H10ClNO2/c1-3-4-9(13)8-5-7(11)6-12-10(8)14-2/h3-6H,1-2H3/b4-3+. The van der Waals surface area contributed by atoms with E-state index >= 15 is 0 Å². The van der Waals surface area contributed by atoms with Gasteiger partial charge in [-0.15, -0.1) is 0 Å². The molecule has 0 aromatic carbocycles. The first kappa shape index (κ1) is 10.7. The number of carbonyl (C=O) groups is 1. The van der Waals surface area contributed by atoms with Crippen LogP contribution in [-0.4, -0.2) is 17.9 Å². The number of aromatic nitrogens is 1. The summed E-state index contributed by atoms with van der Waals surface area (Å²) >= 11 is 5.72. The van der Waals surface area contributed by atoms with Crippen LogP contribution in [0, 0.1) is 0 Å². The van der Waals surface area contributed by atoms with Gasteiger partial charge in [0, 0.05) is 6.20 Å². The number of hydrogen-bond acceptors (Lipinski definition) is 3. The van der Waals surface area contributed by atoms with Gasteiger partial charge in [0.05, 0.1) is 17.7 Å². The van der Waals surface area contributed by atoms with Crippen molar-refractivity contribution in [1.82, 2.24) is 4.98 Å². The minimum Gasteiger partial charge on any atom is -0.480 e. The van der Waals surface area contributed by atoms with Crippen LogP contribution < -0.4 is 4.74 Å². The summed E-state index contributed by atoms with van der Waals surface area (Å²) in [5, 5.41) is 0.415. The number of halogens is 1. The van der Waals surface area contributed by atoms with Crippen molar-refractivity contribution in [2.45, 2.75) is 6.92 Å². The van der Waals surface area contributed by atoms with E-state index in [-0.39, 0.29) is 11.7 Å². The Labute approximate surface area is 87.4 Å². The molecule has 0 saturated heterocycles. The normalized spacial score (nSPS) is 10.5. The molecule has 1 rings (SSSR count). The molecule has 1 aromatic rings. The van der Waals surface area contributed by atoms with Gasteiger partial charge in [-0.2, -0.15) is 0 Å². The van der Waals surface area contributed by atoms with Gasteiger partial charge in [0.2, 0.25) is 5.88 Å². The molecule has 0 aliphatic carbocycles. The molecule has 0 fully saturated rings. The highest BCUT2D eigenvalue weighted by molar-refractivity contribution is 6.31. The molecule has 0 aliphatic heterocycles. The van der Waals surface area contributed by atoms with E-state index < -0.39 is 0 Å². The maximum atomic E-state index is 11.5. The lowest BCUT2D eigenvalue weighted by atomic mass is 10.1. The molecule has 14 heavy (non-hydrogen) atoms. The van der Waals surface area contributed by atoms with Gasteiger partial charge in [-0.3, -0.25) is 4.79 Å². The van der Waals surface area contributed by atoms with E-state index in [4.69, 9.17) is 16.3 Å². The Morgan fingerprint density at radius 3 is 2.93 bits per heavy atom. The number of methoxy groups -OCH3 is 1. The van der Waals surface area contributed by atoms with E-state index in [0.717, 1.165) is 0 Å². The first-order chi connectivity index (χ1) is 6.69. The van der Waals surface area contributed by atoms with Crippen LogP contribution >= 0.6 is 11.6 Å². The van der Waals surface area contributed by atoms with Gasteiger partial charge >= 0.3 is 0 Å². The van der Waals surface area contributed by atoms with E-state index in [2.05, 4.69) is 4.98 Å². The summed E-state index contributed by atoms with van der Waals surface area (Å²) in [6.45, 7) is 1.77. The van der Waals surface area contributed by atoms with Crippen molar-refractivity contribution >= 4 is 17.4 Å². The Kier molecular flexibility index (Phi) is 3.65. The van der Waals surface area contributed by atoms with Crippen molar-refractivity contribution in [3.05, 3.63) is 35.0 Å². The lowest BCUT2D eigenvalue weighted by Gasteiger charge is -2.03. The lowest BCUT2D eigenvalue weighted by Crippen LogP contribution is -2.00. The molecule has 1 heterocycles. The Balaban J connectivity index is 3.16. The third kappa shape index (κ3) is 2.33. The van der Waals surface area contributed by atoms with E-state index in [9.17, 15) is 4.79 Å². The summed E-state index contributed by atoms with van der Waals surface area (Å²) in [5.41, 5.74) is 0.373. The van der Waals surface area contributed by atoms with Crippen LogP contribution in [-0.2, 0) is 0 Å². The molecule has 3 nitrogen and oxygen atoms in total. The molecule has 1 aromatic heterocycles. The van der Waals surface area contributed by atoms with Crippen LogP contribution in [0.2, 0.25) is 5.02 Å². The highest BCUT2D eigenvalue weighted by Crippen LogP contribution is 2.19. The van der Waals surface area contributed by atoms with Crippen molar-refractivity contribution in [3.63, 3.8) is 0 Å². The summed E-state index contributed by atoms with van der Waals surface area (Å²) in [6.07, 6.45) is 4.53. The lowest BCUT2D eigenvalue weighted by molar-refractivity contribution is 0.104. The molecule has 0 aliphatic rings. The third-order valence-corrected chi connectivity index (χ3v) is 1.80. The van der Waals surface area contributed by atoms with Gasteiger partial charge in [0.15, 0.2) is 5.78 Å². The van der Waals surface area contributed by atoms with Crippen LogP contribution in [0.5, 0.6) is 5.88 Å². The Bertz CT molecular complexity index is 374. The highest BCUT2D eigenvalue weighted by atomic mass is 35.5. The first-order valence-corrected chi connectivity index (χ1v) is 4.43. The van der Waals surface area contributed by atoms with Gasteiger partial charge < -0.3 is 4.74 Å². The molecule has 0 N–H and O–H groups in total. The quantitative estimate of drug-likeness (QED) is 0.570. The van der Waals surface area contributed by atoms with Gasteiger partial charge in [0.1, 0.15) is 0 Å². The zero-order valence-electron chi connectivity index (χ0n) is 7.95. The van der Waals surface area contributed by atoms with Gasteiger partial charge in [0.25, 0.3) is 0 Å². The van der Waals surface area contributed by atoms with Gasteiger partial charge in [-0.05, 0) is 19.1 Å². The average Bonchev–Trinajstić information content (AvgIpc) is 2.18. The molecule has 0 spiro atoms. The number of ether oxygens (including phenoxy) is 1. The second-order valence-corrected chi connectivity index (χ2v) is 3.01. The van der Waals surface area contributed by atoms with Crippen LogP contribution in [0.3, 0.4) is 0 Å². The van der Waals surface area contributed by atoms with Crippen LogP contribution in [0.4, 0.5) is 0 Å². The number of hydrogen-bond donors (Lipinski definition) is 0. The fourth-order valence-electron chi connectivity index (χ4n) is 1.01. The van der Waals surface area contributed by atoms with Crippen molar-refractivity contribution in [2.24, 2.45) is 0 Å². The van der Waals surface area contributed by atoms with Gasteiger partial charge in [-0.1, -0.05) is 17.7 Å². The summed E-state index contributed by atoms with van der Waals surface area (Å²) < 4.78 is 4.94. The summed E-state index contributed by atoms with van der Waals surface area (Å²) in [7, 11) is 1.46. The monoisotopic (exact) mass is 211 g/mol. The fourth-order valence-corrected chi connectivity index (χ4v) is 1.16. The number of rotatable bonds is 3. The second-order valence-electron chi connectivity index (χ2n) is 2.57. The Hall–Kier alpha value is -1.35. The molecule has 0 radical (unpaired) electrons. The number of allylic oxidation sites excluding steroid dienone is 2. The fraction of sp³-hybridized carbons (Fsp3) is 0.200. The molecule has 74 valence electrons. The smallest absolute Gasteiger partial charge is 0.224 e. The van der Waals surface area contributed by atoms with Crippen molar-refractivity contribution in [1.29, 1.82) is 0 Å². The first-order valence-electron chi connectivity index (χ1n) is 4.05. The van der Waals surface area contributed by atoms with E-state index in [1.54, 1.807) is 13.0 Å². The predicted molar refractivity (Wildman–Crippen MR) is 54.9 cm³/mol. The summed E-state index contributed by atoms with van der Waals surface area (Å²) in [4.78, 5) is 15.4. The average molecular weight is 212 g/mol. The summed E-state index contributed by atoms with van der Waals surface area (Å²) in [6, 6.07) is 1.54. The topological polar surface area (TPSA) is 39.2 Å². The van der Waals surface area contributed by atoms with Crippen molar-refractivity contribution in [2.75, 3.05) is 7.11 Å². The van der Waals surface area contributed by atoms with E-state index in [1.165, 1.54) is 25.4 Å². The summed E-state index contributed by atoms with van der Waals surface area (Å²) in [5.74, 6) is 0.122. The minimum atomic E-state index is -0.167. The SMILES string of the molecule is C/C=C/C(=O)c1cc(Cl)cnc1OC. The molecule has 0 unspecified atom stereocenters. The zero-order chi connectivity index (χ0) is 10.6. The maximum Gasteiger partial charge on any atom is 0.224 e. The van der Waals surface area contributed by atoms with E-state index in [1.807, 2.05) is 0 Å². The van der Waals surface area contributed by atoms with Crippen molar-refractivity contribution in [3.8, 4) is 5.88 Å². The largest absolute Gasteiger partial charge is 0.480 e. The number of nitrogens with zero attached hydrogens (tertiary/aromatic N) is 1. The molecule has 4 heteroatoms. The molecular formula is C10H10ClNO2. The van der Waals surface area contributed by atoms with Crippen LogP contribution in [0.25, 0.3) is 0 Å². The molecular weight excluding hydrogens is 202 g/mol. The molecule has 0 atom stereocenters. The number of ketones is 1. The Morgan fingerprint density at radius 2 is 2.36 bits per heavy atom. The maximum absolute atomic E-state index is 11.5. The van der Waals surface area contributed by atoms with Gasteiger partial charge in [-0.25, -0.2) is 4.98 Å². The number of carbonyl (C=O) groups excluding carboxylic acids is 1. The van der Waals surface area contributed by atoms with Crippen LogP contribution in [0.15, 0.2) is 24.4 Å². The zero-order valence-corrected chi connectivity index (χ0v) is 8.71. The highest BCUT2D eigenvalue weighted by Gasteiger charge is 2.11.